The summed E-state index contributed by atoms with van der Waals surface area (Å²) in [6, 6.07) is 15.9. The number of carbonyl (C=O) groups excluding carboxylic acids is 5. The number of methoxy groups -OCH3 is 1. The zero-order valence-electron chi connectivity index (χ0n) is 47.4. The van der Waals surface area contributed by atoms with Gasteiger partial charge in [-0.05, 0) is 137 Å². The molecule has 0 aliphatic heterocycles. The molecule has 3 aromatic carbocycles. The first-order valence-electron chi connectivity index (χ1n) is 25.3. The lowest BCUT2D eigenvalue weighted by atomic mass is 10.1. The fraction of sp³-hybridized carbons (Fsp3) is 0.357. The fourth-order valence-electron chi connectivity index (χ4n) is 7.82. The molecule has 0 saturated carbocycles. The van der Waals surface area contributed by atoms with E-state index in [1.165, 1.54) is 14.1 Å². The van der Waals surface area contributed by atoms with E-state index in [1.807, 2.05) is 106 Å². The fourth-order valence-corrected chi connectivity index (χ4v) is 7.82. The Bertz CT molecular complexity index is 3110. The number of anilines is 3. The van der Waals surface area contributed by atoms with Gasteiger partial charge in [0.2, 0.25) is 5.95 Å². The maximum absolute atomic E-state index is 12.2. The molecule has 0 fully saturated rings. The van der Waals surface area contributed by atoms with Crippen LogP contribution in [-0.4, -0.2) is 138 Å². The second-order valence-electron chi connectivity index (χ2n) is 17.7. The molecular formula is C56H77N15O8. The molecule has 4 heterocycles. The average Bonchev–Trinajstić information content (AvgIpc) is 4.31. The molecule has 0 radical (unpaired) electrons. The summed E-state index contributed by atoms with van der Waals surface area (Å²) < 4.78 is 24.4. The van der Waals surface area contributed by atoms with Crippen molar-refractivity contribution in [3.8, 4) is 11.5 Å². The summed E-state index contributed by atoms with van der Waals surface area (Å²) in [5.41, 5.74) is 16.5. The number of ether oxygens (including phenoxy) is 3. The number of aliphatic imine (C=N–C) groups is 1. The van der Waals surface area contributed by atoms with E-state index in [2.05, 4.69) is 59.4 Å². The topological polar surface area (TPSA) is 288 Å². The summed E-state index contributed by atoms with van der Waals surface area (Å²) in [6.45, 7) is 20.4. The molecule has 0 unspecified atom stereocenters. The molecule has 424 valence electrons. The number of fused-ring (bicyclic) bond motifs is 2. The highest BCUT2D eigenvalue weighted by Crippen LogP contribution is 2.39. The minimum absolute atomic E-state index is 0.215. The zero-order valence-corrected chi connectivity index (χ0v) is 47.4. The smallest absolute Gasteiger partial charge is 0.412 e. The van der Waals surface area contributed by atoms with Crippen LogP contribution in [0.3, 0.4) is 0 Å². The number of benzene rings is 3. The zero-order chi connectivity index (χ0) is 58.7. The highest BCUT2D eigenvalue weighted by atomic mass is 16.6. The number of hydrogen-bond donors (Lipinski definition) is 5. The molecule has 0 saturated heterocycles. The Morgan fingerprint density at radius 2 is 1.39 bits per heavy atom. The van der Waals surface area contributed by atoms with Crippen LogP contribution in [0.2, 0.25) is 0 Å². The number of aldehydes is 4. The van der Waals surface area contributed by atoms with E-state index in [1.54, 1.807) is 72.2 Å². The Morgan fingerprint density at radius 1 is 0.785 bits per heavy atom. The third kappa shape index (κ3) is 18.4. The van der Waals surface area contributed by atoms with Crippen molar-refractivity contribution in [1.29, 1.82) is 0 Å². The first kappa shape index (κ1) is 64.5. The van der Waals surface area contributed by atoms with Crippen LogP contribution in [0.4, 0.5) is 27.8 Å². The molecule has 79 heavy (non-hydrogen) atoms. The summed E-state index contributed by atoms with van der Waals surface area (Å²) in [5.74, 6) is 1.65. The number of rotatable bonds is 22. The van der Waals surface area contributed by atoms with Gasteiger partial charge in [0.25, 0.3) is 0 Å². The lowest BCUT2D eigenvalue weighted by Crippen LogP contribution is -2.33. The molecule has 7 N–H and O–H groups in total. The molecule has 0 spiro atoms. The monoisotopic (exact) mass is 1090 g/mol. The van der Waals surface area contributed by atoms with Gasteiger partial charge in [0.1, 0.15) is 58.9 Å². The number of amides is 1. The number of aromatic nitrogens is 8. The number of carbonyl (C=O) groups is 5. The summed E-state index contributed by atoms with van der Waals surface area (Å²) >= 11 is 0. The van der Waals surface area contributed by atoms with Gasteiger partial charge in [-0.3, -0.25) is 43.5 Å². The van der Waals surface area contributed by atoms with E-state index in [0.29, 0.717) is 88.8 Å². The predicted octanol–water partition coefficient (Wildman–Crippen LogP) is 7.81. The number of nitrogens with two attached hydrogens (primary N) is 2. The molecule has 23 heteroatoms. The molecule has 0 aliphatic rings. The number of nitrogens with zero attached hydrogens (tertiary/aromatic N) is 10. The van der Waals surface area contributed by atoms with Gasteiger partial charge in [0.15, 0.2) is 12.6 Å². The largest absolute Gasteiger partial charge is 0.494 e. The Kier molecular flexibility index (Phi) is 26.7. The second-order valence-corrected chi connectivity index (χ2v) is 17.7. The van der Waals surface area contributed by atoms with Crippen molar-refractivity contribution in [3.05, 3.63) is 119 Å². The van der Waals surface area contributed by atoms with Gasteiger partial charge >= 0.3 is 6.09 Å². The third-order valence-electron chi connectivity index (χ3n) is 11.0. The lowest BCUT2D eigenvalue weighted by Gasteiger charge is -2.27. The van der Waals surface area contributed by atoms with Crippen LogP contribution in [-0.2, 0) is 30.9 Å². The second kappa shape index (κ2) is 32.7. The quantitative estimate of drug-likeness (QED) is 0.0187. The predicted molar refractivity (Wildman–Crippen MR) is 313 cm³/mol. The van der Waals surface area contributed by atoms with Crippen molar-refractivity contribution < 1.29 is 38.2 Å². The first-order chi connectivity index (χ1) is 38.1. The van der Waals surface area contributed by atoms with E-state index in [-0.39, 0.29) is 6.61 Å². The third-order valence-corrected chi connectivity index (χ3v) is 11.0. The van der Waals surface area contributed by atoms with Crippen molar-refractivity contribution in [1.82, 2.24) is 44.2 Å². The summed E-state index contributed by atoms with van der Waals surface area (Å²) in [4.78, 5) is 67.2. The van der Waals surface area contributed by atoms with Crippen molar-refractivity contribution in [3.63, 3.8) is 0 Å². The van der Waals surface area contributed by atoms with Gasteiger partial charge in [0.05, 0.1) is 54.6 Å². The van der Waals surface area contributed by atoms with Crippen molar-refractivity contribution in [2.24, 2.45) is 16.5 Å². The van der Waals surface area contributed by atoms with E-state index >= 15 is 0 Å². The van der Waals surface area contributed by atoms with Crippen molar-refractivity contribution in [2.75, 3.05) is 70.7 Å². The Morgan fingerprint density at radius 3 is 1.92 bits per heavy atom. The summed E-state index contributed by atoms with van der Waals surface area (Å²) in [6.07, 6.45) is 12.2. The Balaban J connectivity index is 0.000000562. The molecule has 1 amide bonds. The molecule has 23 nitrogen and oxygen atoms in total. The minimum Gasteiger partial charge on any atom is -0.494 e. The summed E-state index contributed by atoms with van der Waals surface area (Å²) in [5, 5.41) is 22.6. The van der Waals surface area contributed by atoms with Crippen LogP contribution in [0.15, 0.2) is 90.1 Å². The van der Waals surface area contributed by atoms with E-state index in [0.717, 1.165) is 66.0 Å². The van der Waals surface area contributed by atoms with Gasteiger partial charge in [-0.15, -0.1) is 0 Å². The number of aryl methyl sites for hydroxylation is 4. The van der Waals surface area contributed by atoms with Crippen LogP contribution >= 0.6 is 0 Å². The highest BCUT2D eigenvalue weighted by molar-refractivity contribution is 5.92. The molecule has 0 aliphatic carbocycles. The molecule has 0 atom stereocenters. The first-order valence-corrected chi connectivity index (χ1v) is 25.3. The SMILES string of the molecule is C=Nc1cc(C=O)cc(OC/C=C/Cn2ncc3cc(NC(=O)OC(C)(C)C)ccc32)c1N(C/C=C/Cn1c(NC)nc2cc(C=O)cc(OC)c21)CNC.CCn1nc(C)cc1C=O.CCn1nc(C)cc1C=O.CN.CN. The molecule has 4 aromatic heterocycles. The van der Waals surface area contributed by atoms with Crippen LogP contribution < -0.4 is 41.8 Å². The maximum atomic E-state index is 12.2. The van der Waals surface area contributed by atoms with Crippen molar-refractivity contribution in [2.45, 2.75) is 80.2 Å². The van der Waals surface area contributed by atoms with Gasteiger partial charge in [-0.1, -0.05) is 18.2 Å². The normalized spacial score (nSPS) is 10.8. The summed E-state index contributed by atoms with van der Waals surface area (Å²) in [7, 11) is 8.19. The van der Waals surface area contributed by atoms with Crippen LogP contribution in [0.5, 0.6) is 11.5 Å². The van der Waals surface area contributed by atoms with E-state index < -0.39 is 11.7 Å². The molecular weight excluding hydrogens is 1010 g/mol. The van der Waals surface area contributed by atoms with Crippen LogP contribution in [0.25, 0.3) is 21.9 Å². The number of allylic oxidation sites excluding steroid dienone is 2. The average molecular weight is 1090 g/mol. The lowest BCUT2D eigenvalue weighted by molar-refractivity contribution is 0.0635. The molecule has 7 rings (SSSR count). The number of hydrogen-bond acceptors (Lipinski definition) is 18. The van der Waals surface area contributed by atoms with Crippen LogP contribution in [0, 0.1) is 13.8 Å². The van der Waals surface area contributed by atoms with Gasteiger partial charge in [-0.2, -0.15) is 15.3 Å². The molecule has 7 aromatic rings. The van der Waals surface area contributed by atoms with Crippen LogP contribution in [0.1, 0.15) is 87.7 Å². The van der Waals surface area contributed by atoms with Gasteiger partial charge in [0, 0.05) is 55.4 Å². The van der Waals surface area contributed by atoms with E-state index in [9.17, 15) is 24.0 Å². The molecule has 0 bridgehead atoms. The van der Waals surface area contributed by atoms with E-state index in [4.69, 9.17) is 14.2 Å². The number of imidazole rings is 1. The highest BCUT2D eigenvalue weighted by Gasteiger charge is 2.20. The van der Waals surface area contributed by atoms with Gasteiger partial charge < -0.3 is 45.8 Å². The number of nitrogens with one attached hydrogen (secondary N) is 3. The van der Waals surface area contributed by atoms with Gasteiger partial charge in [-0.25, -0.2) is 9.78 Å². The maximum Gasteiger partial charge on any atom is 0.412 e. The van der Waals surface area contributed by atoms with Crippen molar-refractivity contribution >= 4 is 82.9 Å². The Labute approximate surface area is 461 Å². The standard InChI is InChI=1S/C40H47N9O6.2C7H10N2O.2CH5N/c1-40(2,3)55-39(52)45-30-12-13-33-29(22-30)23-44-49(33)16-10-11-17-54-35-21-27(24-50)18-31(42-5)36(35)47(26-41-4)14-8-9-15-48-37-32(46-38(48)43-6)19-28(25-51)20-34(37)53-7;2*1-3-9-7(5-10)4-6(2)8-9;2*1-2/h8-13,18-25,41H,5,14-17,26H2,1-4,6-7H3,(H,43,46)(H,45,52);2*4-5H,3H2,1-2H3;2*2H2,1H3/b9-8+,11-10+;;;;. The Hall–Kier alpha value is -8.80. The minimum atomic E-state index is -0.598.